The molecule has 0 bridgehead atoms. The van der Waals surface area contributed by atoms with E-state index in [9.17, 15) is 9.90 Å². The first-order chi connectivity index (χ1) is 6.74. The summed E-state index contributed by atoms with van der Waals surface area (Å²) >= 11 is 0. The number of hydrogen-bond acceptors (Lipinski definition) is 4. The van der Waals surface area contributed by atoms with E-state index in [4.69, 9.17) is 5.73 Å². The lowest BCUT2D eigenvalue weighted by Gasteiger charge is -2.10. The Labute approximate surface area is 84.0 Å². The van der Waals surface area contributed by atoms with E-state index in [1.165, 1.54) is 0 Å². The fourth-order valence-electron chi connectivity index (χ4n) is 1.52. The molecule has 0 aliphatic carbocycles. The summed E-state index contributed by atoms with van der Waals surface area (Å²) in [6.45, 7) is 1.85. The number of β-amino-alcohol motifs (C(OH)–C–C–N with tert-alkyl or cyclic N) is 1. The number of carbonyl (C=O) groups is 1. The van der Waals surface area contributed by atoms with Crippen LogP contribution in [-0.4, -0.2) is 42.8 Å². The van der Waals surface area contributed by atoms with Crippen molar-refractivity contribution in [3.05, 3.63) is 0 Å². The molecule has 1 aliphatic rings. The largest absolute Gasteiger partial charge is 0.392 e. The van der Waals surface area contributed by atoms with E-state index in [1.54, 1.807) is 0 Å². The van der Waals surface area contributed by atoms with Gasteiger partial charge in [0.05, 0.1) is 12.1 Å². The molecule has 14 heavy (non-hydrogen) atoms. The highest BCUT2D eigenvalue weighted by Gasteiger charge is 2.27. The first kappa shape index (κ1) is 11.4. The average Bonchev–Trinajstić information content (AvgIpc) is 2.59. The molecule has 2 unspecified atom stereocenters. The smallest absolute Gasteiger partial charge is 0.237 e. The van der Waals surface area contributed by atoms with E-state index < -0.39 is 0 Å². The van der Waals surface area contributed by atoms with Gasteiger partial charge >= 0.3 is 0 Å². The molecular weight excluding hydrogens is 182 g/mol. The second-order valence-electron chi connectivity index (χ2n) is 3.64. The summed E-state index contributed by atoms with van der Waals surface area (Å²) in [7, 11) is 0. The zero-order valence-electron chi connectivity index (χ0n) is 8.33. The number of aliphatic hydroxyl groups is 1. The van der Waals surface area contributed by atoms with Crippen molar-refractivity contribution in [2.24, 2.45) is 5.73 Å². The Morgan fingerprint density at radius 1 is 1.57 bits per heavy atom. The fraction of sp³-hybridized carbons (Fsp3) is 0.889. The Morgan fingerprint density at radius 3 is 2.93 bits per heavy atom. The normalized spacial score (nSPS) is 26.4. The third kappa shape index (κ3) is 3.61. The standard InChI is InChI=1S/C9H19N3O2/c10-3-1-2-4-11-9(14)8-5-7(13)6-12-8/h7-8,12-13H,1-6,10H2,(H,11,14). The summed E-state index contributed by atoms with van der Waals surface area (Å²) in [4.78, 5) is 11.4. The highest BCUT2D eigenvalue weighted by Crippen LogP contribution is 2.05. The SMILES string of the molecule is NCCCCNC(=O)C1CC(O)CN1. The molecule has 0 aromatic rings. The van der Waals surface area contributed by atoms with E-state index in [2.05, 4.69) is 10.6 Å². The van der Waals surface area contributed by atoms with Gasteiger partial charge in [-0.3, -0.25) is 4.79 Å². The number of nitrogens with two attached hydrogens (primary N) is 1. The third-order valence-electron chi connectivity index (χ3n) is 2.35. The van der Waals surface area contributed by atoms with Crippen LogP contribution in [0.5, 0.6) is 0 Å². The molecule has 1 amide bonds. The molecule has 0 aromatic carbocycles. The molecule has 0 spiro atoms. The lowest BCUT2D eigenvalue weighted by Crippen LogP contribution is -2.40. The van der Waals surface area contributed by atoms with Gasteiger partial charge in [0, 0.05) is 13.1 Å². The van der Waals surface area contributed by atoms with Crippen LogP contribution in [0.2, 0.25) is 0 Å². The lowest BCUT2D eigenvalue weighted by atomic mass is 10.2. The summed E-state index contributed by atoms with van der Waals surface area (Å²) in [6.07, 6.45) is 1.98. The Hall–Kier alpha value is -0.650. The molecule has 1 rings (SSSR count). The Morgan fingerprint density at radius 2 is 2.36 bits per heavy atom. The molecule has 0 saturated carbocycles. The highest BCUT2D eigenvalue weighted by molar-refractivity contribution is 5.82. The van der Waals surface area contributed by atoms with Gasteiger partial charge in [-0.05, 0) is 25.8 Å². The van der Waals surface area contributed by atoms with E-state index >= 15 is 0 Å². The van der Waals surface area contributed by atoms with Gasteiger partial charge in [-0.25, -0.2) is 0 Å². The van der Waals surface area contributed by atoms with Crippen LogP contribution in [-0.2, 0) is 4.79 Å². The molecule has 5 N–H and O–H groups in total. The maximum absolute atomic E-state index is 11.4. The van der Waals surface area contributed by atoms with Crippen molar-refractivity contribution >= 4 is 5.91 Å². The zero-order valence-corrected chi connectivity index (χ0v) is 8.33. The van der Waals surface area contributed by atoms with Crippen molar-refractivity contribution in [1.29, 1.82) is 0 Å². The van der Waals surface area contributed by atoms with Crippen molar-refractivity contribution in [3.63, 3.8) is 0 Å². The first-order valence-electron chi connectivity index (χ1n) is 5.13. The summed E-state index contributed by atoms with van der Waals surface area (Å²) in [5.74, 6) is -0.0152. The predicted molar refractivity (Wildman–Crippen MR) is 53.7 cm³/mol. The number of hydrogen-bond donors (Lipinski definition) is 4. The van der Waals surface area contributed by atoms with Crippen LogP contribution in [0.1, 0.15) is 19.3 Å². The number of rotatable bonds is 5. The van der Waals surface area contributed by atoms with Gasteiger partial charge in [0.25, 0.3) is 0 Å². The summed E-state index contributed by atoms with van der Waals surface area (Å²) < 4.78 is 0. The van der Waals surface area contributed by atoms with Crippen LogP contribution < -0.4 is 16.4 Å². The van der Waals surface area contributed by atoms with Crippen LogP contribution in [0.25, 0.3) is 0 Å². The maximum Gasteiger partial charge on any atom is 0.237 e. The van der Waals surface area contributed by atoms with Gasteiger partial charge in [-0.15, -0.1) is 0 Å². The topological polar surface area (TPSA) is 87.4 Å². The van der Waals surface area contributed by atoms with E-state index in [-0.39, 0.29) is 18.1 Å². The molecular formula is C9H19N3O2. The first-order valence-corrected chi connectivity index (χ1v) is 5.13. The molecule has 1 heterocycles. The minimum absolute atomic E-state index is 0.0152. The van der Waals surface area contributed by atoms with Crippen molar-refractivity contribution in [3.8, 4) is 0 Å². The van der Waals surface area contributed by atoms with Gasteiger partial charge in [-0.1, -0.05) is 0 Å². The van der Waals surface area contributed by atoms with Crippen LogP contribution >= 0.6 is 0 Å². The van der Waals surface area contributed by atoms with Crippen molar-refractivity contribution in [1.82, 2.24) is 10.6 Å². The van der Waals surface area contributed by atoms with Crippen LogP contribution in [0, 0.1) is 0 Å². The van der Waals surface area contributed by atoms with Gasteiger partial charge in [-0.2, -0.15) is 0 Å². The molecule has 82 valence electrons. The summed E-state index contributed by atoms with van der Waals surface area (Å²) in [5.41, 5.74) is 5.33. The minimum Gasteiger partial charge on any atom is -0.392 e. The second kappa shape index (κ2) is 5.95. The van der Waals surface area contributed by atoms with Gasteiger partial charge in [0.2, 0.25) is 5.91 Å². The Balaban J connectivity index is 2.09. The number of carbonyl (C=O) groups excluding carboxylic acids is 1. The average molecular weight is 201 g/mol. The monoisotopic (exact) mass is 201 g/mol. The Bertz CT molecular complexity index is 187. The molecule has 5 heteroatoms. The lowest BCUT2D eigenvalue weighted by molar-refractivity contribution is -0.122. The highest BCUT2D eigenvalue weighted by atomic mass is 16.3. The number of aliphatic hydroxyl groups excluding tert-OH is 1. The zero-order chi connectivity index (χ0) is 10.4. The van der Waals surface area contributed by atoms with Crippen LogP contribution in [0.4, 0.5) is 0 Å². The van der Waals surface area contributed by atoms with Gasteiger partial charge in [0.15, 0.2) is 0 Å². The fourth-order valence-corrected chi connectivity index (χ4v) is 1.52. The molecule has 1 fully saturated rings. The van der Waals surface area contributed by atoms with Gasteiger partial charge < -0.3 is 21.5 Å². The molecule has 5 nitrogen and oxygen atoms in total. The second-order valence-corrected chi connectivity index (χ2v) is 3.64. The third-order valence-corrected chi connectivity index (χ3v) is 2.35. The molecule has 2 atom stereocenters. The van der Waals surface area contributed by atoms with Crippen LogP contribution in [0.3, 0.4) is 0 Å². The molecule has 0 aromatic heterocycles. The quantitative estimate of drug-likeness (QED) is 0.410. The van der Waals surface area contributed by atoms with E-state index in [0.29, 0.717) is 26.1 Å². The number of nitrogens with one attached hydrogen (secondary N) is 2. The van der Waals surface area contributed by atoms with Crippen LogP contribution in [0.15, 0.2) is 0 Å². The molecule has 0 radical (unpaired) electrons. The van der Waals surface area contributed by atoms with Gasteiger partial charge in [0.1, 0.15) is 0 Å². The maximum atomic E-state index is 11.4. The van der Waals surface area contributed by atoms with E-state index in [0.717, 1.165) is 12.8 Å². The Kier molecular flexibility index (Phi) is 4.86. The van der Waals surface area contributed by atoms with Crippen molar-refractivity contribution in [2.75, 3.05) is 19.6 Å². The predicted octanol–water partition coefficient (Wildman–Crippen LogP) is -1.44. The molecule has 1 saturated heterocycles. The van der Waals surface area contributed by atoms with E-state index in [1.807, 2.05) is 0 Å². The van der Waals surface area contributed by atoms with Crippen molar-refractivity contribution < 1.29 is 9.90 Å². The summed E-state index contributed by atoms with van der Waals surface area (Å²) in [5, 5.41) is 15.0. The minimum atomic E-state index is -0.380. The molecule has 1 aliphatic heterocycles. The van der Waals surface area contributed by atoms with Crippen molar-refractivity contribution in [2.45, 2.75) is 31.4 Å². The summed E-state index contributed by atoms with van der Waals surface area (Å²) in [6, 6.07) is -0.220. The number of unbranched alkanes of at least 4 members (excludes halogenated alkanes) is 1. The number of amides is 1.